The van der Waals surface area contributed by atoms with E-state index < -0.39 is 0 Å². The van der Waals surface area contributed by atoms with Crippen molar-refractivity contribution >= 4 is 0 Å². The largest absolute Gasteiger partial charge is 0.380 e. The van der Waals surface area contributed by atoms with Gasteiger partial charge in [-0.05, 0) is 24.0 Å². The lowest BCUT2D eigenvalue weighted by Gasteiger charge is -2.42. The molecular weight excluding hydrogens is 238 g/mol. The van der Waals surface area contributed by atoms with Gasteiger partial charge in [0.15, 0.2) is 0 Å². The van der Waals surface area contributed by atoms with Gasteiger partial charge in [0, 0.05) is 20.2 Å². The smallest absolute Gasteiger partial charge is 0.0957 e. The van der Waals surface area contributed by atoms with Gasteiger partial charge in [0.25, 0.3) is 0 Å². The van der Waals surface area contributed by atoms with Crippen LogP contribution in [0, 0.1) is 5.92 Å². The first-order valence-corrected chi connectivity index (χ1v) is 7.01. The minimum absolute atomic E-state index is 0.0892. The van der Waals surface area contributed by atoms with Gasteiger partial charge < -0.3 is 14.8 Å². The molecule has 1 fully saturated rings. The van der Waals surface area contributed by atoms with Gasteiger partial charge in [-0.3, -0.25) is 0 Å². The topological polar surface area (TPSA) is 30.5 Å². The van der Waals surface area contributed by atoms with Crippen molar-refractivity contribution in [1.82, 2.24) is 5.32 Å². The first kappa shape index (κ1) is 14.5. The molecule has 1 N–H and O–H groups in total. The van der Waals surface area contributed by atoms with Crippen LogP contribution in [0.4, 0.5) is 0 Å². The van der Waals surface area contributed by atoms with Crippen LogP contribution in [-0.4, -0.2) is 25.8 Å². The summed E-state index contributed by atoms with van der Waals surface area (Å²) in [5.41, 5.74) is 2.34. The molecule has 1 aliphatic heterocycles. The molecule has 0 spiro atoms. The van der Waals surface area contributed by atoms with Crippen LogP contribution in [-0.2, 0) is 16.1 Å². The van der Waals surface area contributed by atoms with E-state index in [1.807, 2.05) is 0 Å². The minimum Gasteiger partial charge on any atom is -0.380 e. The van der Waals surface area contributed by atoms with Gasteiger partial charge in [0.2, 0.25) is 0 Å². The van der Waals surface area contributed by atoms with Crippen LogP contribution in [0.15, 0.2) is 24.3 Å². The Morgan fingerprint density at radius 2 is 2.05 bits per heavy atom. The Balaban J connectivity index is 2.09. The molecule has 2 rings (SSSR count). The highest BCUT2D eigenvalue weighted by Crippen LogP contribution is 2.32. The highest BCUT2D eigenvalue weighted by atomic mass is 16.5. The van der Waals surface area contributed by atoms with E-state index in [-0.39, 0.29) is 11.7 Å². The second kappa shape index (κ2) is 6.04. The first-order chi connectivity index (χ1) is 9.05. The molecule has 106 valence electrons. The third kappa shape index (κ3) is 3.35. The minimum atomic E-state index is -0.0892. The highest BCUT2D eigenvalue weighted by Gasteiger charge is 2.36. The van der Waals surface area contributed by atoms with E-state index in [1.165, 1.54) is 11.1 Å². The van der Waals surface area contributed by atoms with E-state index in [1.54, 1.807) is 7.11 Å². The number of hydrogen-bond acceptors (Lipinski definition) is 3. The Bertz CT molecular complexity index is 402. The molecule has 1 aromatic rings. The van der Waals surface area contributed by atoms with Crippen molar-refractivity contribution in [3.05, 3.63) is 35.4 Å². The zero-order chi connectivity index (χ0) is 13.9. The summed E-state index contributed by atoms with van der Waals surface area (Å²) in [6.07, 6.45) is 0.137. The molecule has 1 heterocycles. The Hall–Kier alpha value is -0.900. The van der Waals surface area contributed by atoms with Crippen molar-refractivity contribution < 1.29 is 9.47 Å². The number of nitrogens with one attached hydrogen (secondary N) is 1. The molecule has 2 unspecified atom stereocenters. The summed E-state index contributed by atoms with van der Waals surface area (Å²) in [6, 6.07) is 8.52. The van der Waals surface area contributed by atoms with Crippen LogP contribution >= 0.6 is 0 Å². The Morgan fingerprint density at radius 1 is 1.37 bits per heavy atom. The normalized spacial score (nSPS) is 27.7. The van der Waals surface area contributed by atoms with Gasteiger partial charge in [-0.15, -0.1) is 0 Å². The van der Waals surface area contributed by atoms with Gasteiger partial charge in [-0.25, -0.2) is 0 Å². The number of morpholine rings is 1. The average Bonchev–Trinajstić information content (AvgIpc) is 2.40. The molecule has 1 aliphatic rings. The highest BCUT2D eigenvalue weighted by molar-refractivity contribution is 5.24. The second-order valence-electron chi connectivity index (χ2n) is 5.88. The summed E-state index contributed by atoms with van der Waals surface area (Å²) in [6.45, 7) is 9.08. The van der Waals surface area contributed by atoms with Crippen LogP contribution in [0.1, 0.15) is 38.0 Å². The maximum atomic E-state index is 6.33. The molecule has 0 aliphatic carbocycles. The summed E-state index contributed by atoms with van der Waals surface area (Å²) in [5, 5.41) is 3.50. The molecule has 0 radical (unpaired) electrons. The molecule has 3 nitrogen and oxygen atoms in total. The van der Waals surface area contributed by atoms with Crippen molar-refractivity contribution in [2.24, 2.45) is 5.92 Å². The lowest BCUT2D eigenvalue weighted by Crippen LogP contribution is -2.52. The van der Waals surface area contributed by atoms with Crippen molar-refractivity contribution in [3.8, 4) is 0 Å². The molecule has 1 aromatic carbocycles. The predicted molar refractivity (Wildman–Crippen MR) is 77.1 cm³/mol. The van der Waals surface area contributed by atoms with Crippen molar-refractivity contribution in [2.75, 3.05) is 20.2 Å². The maximum absolute atomic E-state index is 6.33. The summed E-state index contributed by atoms with van der Waals surface area (Å²) >= 11 is 0. The molecule has 0 aromatic heterocycles. The fourth-order valence-electron chi connectivity index (χ4n) is 2.38. The predicted octanol–water partition coefficient (Wildman–Crippen LogP) is 2.91. The van der Waals surface area contributed by atoms with E-state index in [9.17, 15) is 0 Å². The van der Waals surface area contributed by atoms with Gasteiger partial charge >= 0.3 is 0 Å². The fourth-order valence-corrected chi connectivity index (χ4v) is 2.38. The van der Waals surface area contributed by atoms with Crippen molar-refractivity contribution in [3.63, 3.8) is 0 Å². The number of hydrogen-bond donors (Lipinski definition) is 1. The van der Waals surface area contributed by atoms with E-state index >= 15 is 0 Å². The summed E-state index contributed by atoms with van der Waals surface area (Å²) in [4.78, 5) is 0. The van der Waals surface area contributed by atoms with Gasteiger partial charge in [-0.1, -0.05) is 38.1 Å². The van der Waals surface area contributed by atoms with E-state index in [4.69, 9.17) is 9.47 Å². The third-order valence-electron chi connectivity index (χ3n) is 4.10. The maximum Gasteiger partial charge on any atom is 0.0957 e. The van der Waals surface area contributed by atoms with Crippen LogP contribution < -0.4 is 5.32 Å². The zero-order valence-electron chi connectivity index (χ0n) is 12.4. The Kier molecular flexibility index (Phi) is 4.61. The number of methoxy groups -OCH3 is 1. The second-order valence-corrected chi connectivity index (χ2v) is 5.88. The summed E-state index contributed by atoms with van der Waals surface area (Å²) in [5.74, 6) is 0.496. The van der Waals surface area contributed by atoms with E-state index in [2.05, 4.69) is 50.4 Å². The standard InChI is InChI=1S/C16H25NO2/c1-12(2)16(3)11-17-9-15(19-16)14-7-5-13(6-8-14)10-18-4/h5-8,12,15,17H,9-11H2,1-4H3. The third-order valence-corrected chi connectivity index (χ3v) is 4.10. The van der Waals surface area contributed by atoms with Gasteiger partial charge in [-0.2, -0.15) is 0 Å². The van der Waals surface area contributed by atoms with Crippen LogP contribution in [0.25, 0.3) is 0 Å². The van der Waals surface area contributed by atoms with Gasteiger partial charge in [0.1, 0.15) is 0 Å². The summed E-state index contributed by atoms with van der Waals surface area (Å²) < 4.78 is 11.5. The van der Waals surface area contributed by atoms with E-state index in [0.29, 0.717) is 12.5 Å². The van der Waals surface area contributed by atoms with Crippen LogP contribution in [0.5, 0.6) is 0 Å². The van der Waals surface area contributed by atoms with Crippen LogP contribution in [0.2, 0.25) is 0 Å². The van der Waals surface area contributed by atoms with Crippen molar-refractivity contribution in [1.29, 1.82) is 0 Å². The summed E-state index contributed by atoms with van der Waals surface area (Å²) in [7, 11) is 1.72. The first-order valence-electron chi connectivity index (χ1n) is 7.01. The fraction of sp³-hybridized carbons (Fsp3) is 0.625. The quantitative estimate of drug-likeness (QED) is 0.906. The molecule has 0 saturated carbocycles. The van der Waals surface area contributed by atoms with E-state index in [0.717, 1.165) is 13.1 Å². The molecule has 19 heavy (non-hydrogen) atoms. The van der Waals surface area contributed by atoms with Gasteiger partial charge in [0.05, 0.1) is 18.3 Å². The average molecular weight is 263 g/mol. The Morgan fingerprint density at radius 3 is 2.63 bits per heavy atom. The molecule has 1 saturated heterocycles. The van der Waals surface area contributed by atoms with Crippen molar-refractivity contribution in [2.45, 2.75) is 39.1 Å². The number of ether oxygens (including phenoxy) is 2. The molecule has 0 amide bonds. The lowest BCUT2D eigenvalue weighted by molar-refractivity contribution is -0.132. The number of benzene rings is 1. The number of rotatable bonds is 4. The molecule has 2 atom stereocenters. The molecule has 3 heteroatoms. The lowest BCUT2D eigenvalue weighted by atomic mass is 9.89. The SMILES string of the molecule is COCc1ccc(C2CNCC(C)(C(C)C)O2)cc1. The monoisotopic (exact) mass is 263 g/mol. The zero-order valence-corrected chi connectivity index (χ0v) is 12.4. The van der Waals surface area contributed by atoms with Crippen LogP contribution in [0.3, 0.4) is 0 Å². The molecular formula is C16H25NO2. The molecule has 0 bridgehead atoms. The Labute approximate surface area is 116 Å².